The Bertz CT molecular complexity index is 1020. The topological polar surface area (TPSA) is 97.1 Å². The van der Waals surface area contributed by atoms with Crippen molar-refractivity contribution in [1.29, 1.82) is 0 Å². The second-order valence-electron chi connectivity index (χ2n) is 6.48. The van der Waals surface area contributed by atoms with Gasteiger partial charge in [0.1, 0.15) is 0 Å². The number of anilines is 1. The Morgan fingerprint density at radius 2 is 1.90 bits per heavy atom. The number of carbonyl (C=O) groups is 2. The molecule has 0 bridgehead atoms. The van der Waals surface area contributed by atoms with Gasteiger partial charge in [0.05, 0.1) is 0 Å². The summed E-state index contributed by atoms with van der Waals surface area (Å²) >= 11 is 5.88. The van der Waals surface area contributed by atoms with Gasteiger partial charge in [0.2, 0.25) is 17.6 Å². The number of rotatable bonds is 7. The monoisotopic (exact) mass is 412 g/mol. The molecule has 7 nitrogen and oxygen atoms in total. The lowest BCUT2D eigenvalue weighted by molar-refractivity contribution is -0.116. The molecule has 2 amide bonds. The molecule has 0 unspecified atom stereocenters. The van der Waals surface area contributed by atoms with E-state index < -0.39 is 0 Å². The highest BCUT2D eigenvalue weighted by Crippen LogP contribution is 2.21. The van der Waals surface area contributed by atoms with Crippen molar-refractivity contribution in [2.45, 2.75) is 26.2 Å². The van der Waals surface area contributed by atoms with Crippen molar-refractivity contribution >= 4 is 29.1 Å². The third-order valence-electron chi connectivity index (χ3n) is 4.44. The number of nitrogens with zero attached hydrogens (tertiary/aromatic N) is 2. The van der Waals surface area contributed by atoms with Crippen molar-refractivity contribution in [3.8, 4) is 11.4 Å². The summed E-state index contributed by atoms with van der Waals surface area (Å²) in [5.74, 6) is 0.634. The summed E-state index contributed by atoms with van der Waals surface area (Å²) in [6, 6.07) is 12.4. The SMILES string of the molecule is CNC(=O)c1cccc(NC(=O)CCCc2nc(-c3ccc(Cl)cc3)no2)c1C. The summed E-state index contributed by atoms with van der Waals surface area (Å²) in [6.45, 7) is 1.80. The van der Waals surface area contributed by atoms with E-state index in [1.54, 1.807) is 44.3 Å². The number of carbonyl (C=O) groups excluding carboxylic acids is 2. The Morgan fingerprint density at radius 3 is 2.62 bits per heavy atom. The Balaban J connectivity index is 1.53. The smallest absolute Gasteiger partial charge is 0.251 e. The average molecular weight is 413 g/mol. The van der Waals surface area contributed by atoms with E-state index >= 15 is 0 Å². The van der Waals surface area contributed by atoms with Crippen LogP contribution in [-0.4, -0.2) is 29.0 Å². The van der Waals surface area contributed by atoms with Gasteiger partial charge in [-0.2, -0.15) is 4.98 Å². The van der Waals surface area contributed by atoms with E-state index in [9.17, 15) is 9.59 Å². The minimum Gasteiger partial charge on any atom is -0.355 e. The first kappa shape index (κ1) is 20.5. The van der Waals surface area contributed by atoms with Crippen LogP contribution in [0.1, 0.15) is 34.7 Å². The third kappa shape index (κ3) is 5.20. The van der Waals surface area contributed by atoms with Gasteiger partial charge in [-0.25, -0.2) is 0 Å². The number of aryl methyl sites for hydroxylation is 1. The standard InChI is InChI=1S/C21H21ClN4O3/c1-13-16(21(28)23-2)5-3-6-17(13)24-18(27)7-4-8-19-25-20(26-29-19)14-9-11-15(22)12-10-14/h3,5-6,9-12H,4,7-8H2,1-2H3,(H,23,28)(H,24,27). The van der Waals surface area contributed by atoms with Crippen LogP contribution in [0.4, 0.5) is 5.69 Å². The van der Waals surface area contributed by atoms with E-state index in [0.29, 0.717) is 47.3 Å². The Labute approximate surface area is 173 Å². The van der Waals surface area contributed by atoms with E-state index in [2.05, 4.69) is 20.8 Å². The molecule has 3 rings (SSSR count). The van der Waals surface area contributed by atoms with Crippen LogP contribution in [0.25, 0.3) is 11.4 Å². The predicted molar refractivity (Wildman–Crippen MR) is 111 cm³/mol. The van der Waals surface area contributed by atoms with E-state index in [1.165, 1.54) is 0 Å². The molecule has 0 aliphatic rings. The van der Waals surface area contributed by atoms with E-state index in [1.807, 2.05) is 12.1 Å². The molecule has 0 atom stereocenters. The first-order valence-electron chi connectivity index (χ1n) is 9.18. The van der Waals surface area contributed by atoms with Crippen LogP contribution >= 0.6 is 11.6 Å². The maximum atomic E-state index is 12.3. The second kappa shape index (κ2) is 9.34. The van der Waals surface area contributed by atoms with Crippen molar-refractivity contribution < 1.29 is 14.1 Å². The van der Waals surface area contributed by atoms with Crippen molar-refractivity contribution in [2.24, 2.45) is 0 Å². The normalized spacial score (nSPS) is 10.6. The lowest BCUT2D eigenvalue weighted by Gasteiger charge is -2.11. The fourth-order valence-corrected chi connectivity index (χ4v) is 2.96. The summed E-state index contributed by atoms with van der Waals surface area (Å²) in [5.41, 5.74) is 2.70. The van der Waals surface area contributed by atoms with Gasteiger partial charge in [0.25, 0.3) is 5.91 Å². The van der Waals surface area contributed by atoms with Gasteiger partial charge in [-0.05, 0) is 55.3 Å². The fourth-order valence-electron chi connectivity index (χ4n) is 2.84. The third-order valence-corrected chi connectivity index (χ3v) is 4.70. The highest BCUT2D eigenvalue weighted by atomic mass is 35.5. The number of halogens is 1. The van der Waals surface area contributed by atoms with Crippen molar-refractivity contribution in [3.05, 3.63) is 64.5 Å². The largest absolute Gasteiger partial charge is 0.355 e. The molecule has 0 fully saturated rings. The van der Waals surface area contributed by atoms with Gasteiger partial charge >= 0.3 is 0 Å². The van der Waals surface area contributed by atoms with Crippen LogP contribution in [0.15, 0.2) is 47.0 Å². The number of benzene rings is 2. The first-order chi connectivity index (χ1) is 14.0. The van der Waals surface area contributed by atoms with Crippen molar-refractivity contribution in [1.82, 2.24) is 15.5 Å². The molecule has 29 heavy (non-hydrogen) atoms. The summed E-state index contributed by atoms with van der Waals surface area (Å²) in [6.07, 6.45) is 1.34. The molecule has 0 radical (unpaired) electrons. The Morgan fingerprint density at radius 1 is 1.14 bits per heavy atom. The summed E-state index contributed by atoms with van der Waals surface area (Å²) < 4.78 is 5.25. The number of nitrogens with one attached hydrogen (secondary N) is 2. The lowest BCUT2D eigenvalue weighted by Crippen LogP contribution is -2.20. The molecule has 1 heterocycles. The first-order valence-corrected chi connectivity index (χ1v) is 9.56. The van der Waals surface area contributed by atoms with Crippen molar-refractivity contribution in [2.75, 3.05) is 12.4 Å². The highest BCUT2D eigenvalue weighted by Gasteiger charge is 2.13. The molecule has 0 spiro atoms. The van der Waals surface area contributed by atoms with E-state index in [-0.39, 0.29) is 11.8 Å². The fraction of sp³-hybridized carbons (Fsp3) is 0.238. The minimum absolute atomic E-state index is 0.139. The van der Waals surface area contributed by atoms with Gasteiger partial charge in [-0.3, -0.25) is 9.59 Å². The van der Waals surface area contributed by atoms with Crippen LogP contribution in [-0.2, 0) is 11.2 Å². The average Bonchev–Trinajstić information content (AvgIpc) is 3.18. The predicted octanol–water partition coefficient (Wildman–Crippen LogP) is 4.02. The maximum Gasteiger partial charge on any atom is 0.251 e. The summed E-state index contributed by atoms with van der Waals surface area (Å²) in [4.78, 5) is 28.5. The number of hydrogen-bond donors (Lipinski definition) is 2. The molecular weight excluding hydrogens is 392 g/mol. The quantitative estimate of drug-likeness (QED) is 0.610. The number of aromatic nitrogens is 2. The van der Waals surface area contributed by atoms with E-state index in [0.717, 1.165) is 11.1 Å². The molecule has 0 saturated carbocycles. The molecule has 0 saturated heterocycles. The minimum atomic E-state index is -0.188. The zero-order valence-electron chi connectivity index (χ0n) is 16.2. The molecule has 2 N–H and O–H groups in total. The highest BCUT2D eigenvalue weighted by molar-refractivity contribution is 6.30. The van der Waals surface area contributed by atoms with E-state index in [4.69, 9.17) is 16.1 Å². The van der Waals surface area contributed by atoms with Gasteiger partial charge in [0.15, 0.2) is 0 Å². The van der Waals surface area contributed by atoms with Crippen LogP contribution < -0.4 is 10.6 Å². The van der Waals surface area contributed by atoms with Crippen LogP contribution in [0.5, 0.6) is 0 Å². The molecular formula is C21H21ClN4O3. The van der Waals surface area contributed by atoms with Gasteiger partial charge in [-0.1, -0.05) is 22.8 Å². The lowest BCUT2D eigenvalue weighted by atomic mass is 10.1. The molecule has 0 aliphatic carbocycles. The van der Waals surface area contributed by atoms with Crippen LogP contribution in [0, 0.1) is 6.92 Å². The zero-order valence-corrected chi connectivity index (χ0v) is 16.9. The molecule has 0 aliphatic heterocycles. The van der Waals surface area contributed by atoms with Gasteiger partial charge in [0, 0.05) is 41.7 Å². The zero-order chi connectivity index (χ0) is 20.8. The summed E-state index contributed by atoms with van der Waals surface area (Å²) in [7, 11) is 1.57. The second-order valence-corrected chi connectivity index (χ2v) is 6.91. The van der Waals surface area contributed by atoms with Crippen LogP contribution in [0.2, 0.25) is 5.02 Å². The summed E-state index contributed by atoms with van der Waals surface area (Å²) in [5, 5.41) is 10.0. The molecule has 8 heteroatoms. The van der Waals surface area contributed by atoms with Crippen LogP contribution in [0.3, 0.4) is 0 Å². The molecule has 3 aromatic rings. The van der Waals surface area contributed by atoms with Crippen molar-refractivity contribution in [3.63, 3.8) is 0 Å². The van der Waals surface area contributed by atoms with Gasteiger partial charge in [-0.15, -0.1) is 0 Å². The number of amides is 2. The Kier molecular flexibility index (Phi) is 6.61. The molecule has 2 aromatic carbocycles. The molecule has 150 valence electrons. The maximum absolute atomic E-state index is 12.3. The molecule has 1 aromatic heterocycles. The van der Waals surface area contributed by atoms with Gasteiger partial charge < -0.3 is 15.2 Å². The Hall–Kier alpha value is -3.19. The number of hydrogen-bond acceptors (Lipinski definition) is 5.